The van der Waals surface area contributed by atoms with Gasteiger partial charge in [0.2, 0.25) is 11.8 Å². The normalized spacial score (nSPS) is 9.95. The topological polar surface area (TPSA) is 58.6 Å². The lowest BCUT2D eigenvalue weighted by Gasteiger charge is -2.22. The Morgan fingerprint density at radius 2 is 2.00 bits per heavy atom. The molecule has 2 amide bonds. The van der Waals surface area contributed by atoms with E-state index in [1.807, 2.05) is 12.1 Å². The van der Waals surface area contributed by atoms with Crippen molar-refractivity contribution in [3.05, 3.63) is 24.3 Å². The Hall–Kier alpha value is -2.04. The third kappa shape index (κ3) is 4.57. The number of para-hydroxylation sites is 2. The van der Waals surface area contributed by atoms with Crippen molar-refractivity contribution in [1.82, 2.24) is 5.32 Å². The minimum atomic E-state index is -0.194. The summed E-state index contributed by atoms with van der Waals surface area (Å²) < 4.78 is 5.23. The van der Waals surface area contributed by atoms with Crippen LogP contribution in [0.1, 0.15) is 26.7 Å². The van der Waals surface area contributed by atoms with Gasteiger partial charge in [-0.1, -0.05) is 25.5 Å². The van der Waals surface area contributed by atoms with Crippen molar-refractivity contribution in [3.63, 3.8) is 0 Å². The summed E-state index contributed by atoms with van der Waals surface area (Å²) in [5, 5.41) is 2.80. The summed E-state index contributed by atoms with van der Waals surface area (Å²) >= 11 is 0. The molecule has 1 rings (SSSR count). The van der Waals surface area contributed by atoms with Crippen molar-refractivity contribution < 1.29 is 14.3 Å². The van der Waals surface area contributed by atoms with Crippen LogP contribution in [-0.4, -0.2) is 32.0 Å². The number of methoxy groups -OCH3 is 1. The van der Waals surface area contributed by atoms with Gasteiger partial charge in [-0.25, -0.2) is 0 Å². The maximum absolute atomic E-state index is 11.9. The summed E-state index contributed by atoms with van der Waals surface area (Å²) in [6.07, 6.45) is 1.95. The second-order valence-electron chi connectivity index (χ2n) is 4.48. The number of carbonyl (C=O) groups excluding carboxylic acids is 2. The Morgan fingerprint density at radius 3 is 2.60 bits per heavy atom. The van der Waals surface area contributed by atoms with Crippen molar-refractivity contribution in [2.45, 2.75) is 26.7 Å². The molecule has 0 saturated heterocycles. The number of anilines is 1. The van der Waals surface area contributed by atoms with Crippen LogP contribution in [0.25, 0.3) is 0 Å². The molecular weight excluding hydrogens is 256 g/mol. The molecule has 0 spiro atoms. The maximum Gasteiger partial charge on any atom is 0.240 e. The fourth-order valence-electron chi connectivity index (χ4n) is 1.82. The third-order valence-electron chi connectivity index (χ3n) is 2.91. The molecule has 0 aliphatic carbocycles. The van der Waals surface area contributed by atoms with Crippen LogP contribution in [0, 0.1) is 0 Å². The summed E-state index contributed by atoms with van der Waals surface area (Å²) in [4.78, 5) is 25.0. The first-order chi connectivity index (χ1) is 9.60. The highest BCUT2D eigenvalue weighted by atomic mass is 16.5. The molecule has 110 valence electrons. The molecule has 0 aliphatic rings. The van der Waals surface area contributed by atoms with E-state index in [-0.39, 0.29) is 18.4 Å². The van der Waals surface area contributed by atoms with E-state index in [2.05, 4.69) is 12.2 Å². The van der Waals surface area contributed by atoms with E-state index >= 15 is 0 Å². The summed E-state index contributed by atoms with van der Waals surface area (Å²) in [5.74, 6) is 0.212. The Kier molecular flexibility index (Phi) is 6.56. The standard InChI is InChI=1S/C15H22N2O3/c1-4-5-10-16-15(19)11-17(12(2)18)13-8-6-7-9-14(13)20-3/h6-9H,4-5,10-11H2,1-3H3,(H,16,19). The molecule has 1 aromatic carbocycles. The Labute approximate surface area is 119 Å². The quantitative estimate of drug-likeness (QED) is 0.776. The van der Waals surface area contributed by atoms with Crippen LogP contribution < -0.4 is 15.0 Å². The number of ether oxygens (including phenoxy) is 1. The van der Waals surface area contributed by atoms with Gasteiger partial charge in [-0.05, 0) is 18.6 Å². The van der Waals surface area contributed by atoms with Crippen molar-refractivity contribution >= 4 is 17.5 Å². The number of benzene rings is 1. The zero-order chi connectivity index (χ0) is 15.0. The van der Waals surface area contributed by atoms with Crippen molar-refractivity contribution in [2.75, 3.05) is 25.1 Å². The van der Waals surface area contributed by atoms with E-state index in [0.717, 1.165) is 12.8 Å². The van der Waals surface area contributed by atoms with Gasteiger partial charge >= 0.3 is 0 Å². The molecule has 0 heterocycles. The van der Waals surface area contributed by atoms with Gasteiger partial charge in [-0.15, -0.1) is 0 Å². The fourth-order valence-corrected chi connectivity index (χ4v) is 1.82. The molecule has 0 radical (unpaired) electrons. The first-order valence-corrected chi connectivity index (χ1v) is 6.78. The van der Waals surface area contributed by atoms with Crippen LogP contribution in [0.15, 0.2) is 24.3 Å². The Bertz CT molecular complexity index is 460. The highest BCUT2D eigenvalue weighted by molar-refractivity contribution is 5.98. The number of rotatable bonds is 7. The molecule has 0 saturated carbocycles. The summed E-state index contributed by atoms with van der Waals surface area (Å²) in [5.41, 5.74) is 0.605. The zero-order valence-corrected chi connectivity index (χ0v) is 12.3. The Morgan fingerprint density at radius 1 is 1.30 bits per heavy atom. The van der Waals surface area contributed by atoms with Crippen LogP contribution in [0.2, 0.25) is 0 Å². The highest BCUT2D eigenvalue weighted by Gasteiger charge is 2.18. The van der Waals surface area contributed by atoms with Gasteiger partial charge in [-0.3, -0.25) is 14.5 Å². The average molecular weight is 278 g/mol. The molecular formula is C15H22N2O3. The average Bonchev–Trinajstić information content (AvgIpc) is 2.44. The number of unbranched alkanes of at least 4 members (excludes halogenated alkanes) is 1. The predicted octanol–water partition coefficient (Wildman–Crippen LogP) is 1.96. The number of nitrogens with zero attached hydrogens (tertiary/aromatic N) is 1. The number of amides is 2. The van der Waals surface area contributed by atoms with Crippen LogP contribution in [0.5, 0.6) is 5.75 Å². The minimum absolute atomic E-state index is 0.000574. The van der Waals surface area contributed by atoms with E-state index in [1.54, 1.807) is 19.2 Å². The lowest BCUT2D eigenvalue weighted by molar-refractivity contribution is -0.123. The van der Waals surface area contributed by atoms with Gasteiger partial charge in [0, 0.05) is 13.5 Å². The van der Waals surface area contributed by atoms with Crippen molar-refractivity contribution in [1.29, 1.82) is 0 Å². The molecule has 0 bridgehead atoms. The second kappa shape index (κ2) is 8.19. The van der Waals surface area contributed by atoms with Crippen molar-refractivity contribution in [2.24, 2.45) is 0 Å². The lowest BCUT2D eigenvalue weighted by atomic mass is 10.2. The Balaban J connectivity index is 2.79. The van der Waals surface area contributed by atoms with Gasteiger partial charge in [0.25, 0.3) is 0 Å². The number of hydrogen-bond acceptors (Lipinski definition) is 3. The van der Waals surface area contributed by atoms with E-state index in [9.17, 15) is 9.59 Å². The first-order valence-electron chi connectivity index (χ1n) is 6.78. The van der Waals surface area contributed by atoms with E-state index in [4.69, 9.17) is 4.74 Å². The molecule has 1 N–H and O–H groups in total. The van der Waals surface area contributed by atoms with Gasteiger partial charge < -0.3 is 10.1 Å². The molecule has 0 atom stereocenters. The number of nitrogens with one attached hydrogen (secondary N) is 1. The molecule has 0 aromatic heterocycles. The highest BCUT2D eigenvalue weighted by Crippen LogP contribution is 2.27. The van der Waals surface area contributed by atoms with Crippen LogP contribution in [0.3, 0.4) is 0 Å². The molecule has 0 fully saturated rings. The largest absolute Gasteiger partial charge is 0.495 e. The van der Waals surface area contributed by atoms with Gasteiger partial charge in [0.1, 0.15) is 12.3 Å². The fraction of sp³-hybridized carbons (Fsp3) is 0.467. The second-order valence-corrected chi connectivity index (χ2v) is 4.48. The zero-order valence-electron chi connectivity index (χ0n) is 12.3. The number of hydrogen-bond donors (Lipinski definition) is 1. The molecule has 0 aliphatic heterocycles. The smallest absolute Gasteiger partial charge is 0.240 e. The van der Waals surface area contributed by atoms with E-state index in [0.29, 0.717) is 18.0 Å². The third-order valence-corrected chi connectivity index (χ3v) is 2.91. The van der Waals surface area contributed by atoms with Gasteiger partial charge in [-0.2, -0.15) is 0 Å². The minimum Gasteiger partial charge on any atom is -0.495 e. The molecule has 0 unspecified atom stereocenters. The first kappa shape index (κ1) is 16.0. The van der Waals surface area contributed by atoms with Crippen LogP contribution in [-0.2, 0) is 9.59 Å². The number of carbonyl (C=O) groups is 2. The summed E-state index contributed by atoms with van der Waals surface area (Å²) in [7, 11) is 1.54. The van der Waals surface area contributed by atoms with Crippen molar-refractivity contribution in [3.8, 4) is 5.75 Å². The monoisotopic (exact) mass is 278 g/mol. The van der Waals surface area contributed by atoms with Crippen LogP contribution >= 0.6 is 0 Å². The SMILES string of the molecule is CCCCNC(=O)CN(C(C)=O)c1ccccc1OC. The van der Waals surface area contributed by atoms with Crippen LogP contribution in [0.4, 0.5) is 5.69 Å². The molecule has 20 heavy (non-hydrogen) atoms. The molecule has 5 heteroatoms. The predicted molar refractivity (Wildman–Crippen MR) is 78.9 cm³/mol. The van der Waals surface area contributed by atoms with E-state index < -0.39 is 0 Å². The van der Waals surface area contributed by atoms with E-state index in [1.165, 1.54) is 11.8 Å². The molecule has 5 nitrogen and oxygen atoms in total. The maximum atomic E-state index is 11.9. The van der Waals surface area contributed by atoms with Gasteiger partial charge in [0.15, 0.2) is 0 Å². The molecule has 1 aromatic rings. The summed E-state index contributed by atoms with van der Waals surface area (Å²) in [6.45, 7) is 4.13. The van der Waals surface area contributed by atoms with Gasteiger partial charge in [0.05, 0.1) is 12.8 Å². The summed E-state index contributed by atoms with van der Waals surface area (Å²) in [6, 6.07) is 7.16. The lowest BCUT2D eigenvalue weighted by Crippen LogP contribution is -2.40.